The Labute approximate surface area is 48.0 Å². The number of alkyl halides is 1. The molecule has 0 spiro atoms. The molecule has 0 aromatic heterocycles. The highest BCUT2D eigenvalue weighted by molar-refractivity contribution is 4.72. The van der Waals surface area contributed by atoms with Crippen LogP contribution in [0.1, 0.15) is 6.42 Å². The zero-order valence-corrected chi connectivity index (χ0v) is 4.86. The van der Waals surface area contributed by atoms with Crippen molar-refractivity contribution in [2.75, 3.05) is 13.7 Å². The van der Waals surface area contributed by atoms with Gasteiger partial charge < -0.3 is 10.1 Å². The van der Waals surface area contributed by atoms with Crippen LogP contribution < -0.4 is 5.32 Å². The van der Waals surface area contributed by atoms with Gasteiger partial charge in [0.15, 0.2) is 0 Å². The normalized spacial score (nSPS) is 38.2. The smallest absolute Gasteiger partial charge is 0.214 e. The highest BCUT2D eigenvalue weighted by Gasteiger charge is 2.25. The minimum Gasteiger partial charge on any atom is -0.347 e. The van der Waals surface area contributed by atoms with Crippen LogP contribution in [0, 0.1) is 0 Å². The third-order valence-electron chi connectivity index (χ3n) is 1.39. The second-order valence-corrected chi connectivity index (χ2v) is 1.91. The SMILES string of the molecule is CN[C@@H]1CCO[C@H]1F. The summed E-state index contributed by atoms with van der Waals surface area (Å²) in [6.45, 7) is 0.548. The summed E-state index contributed by atoms with van der Waals surface area (Å²) in [7, 11) is 1.74. The molecule has 0 saturated carbocycles. The summed E-state index contributed by atoms with van der Waals surface area (Å²) in [6, 6.07) is -0.0741. The van der Waals surface area contributed by atoms with Crippen molar-refractivity contribution in [3.05, 3.63) is 0 Å². The molecule has 0 bridgehead atoms. The summed E-state index contributed by atoms with van der Waals surface area (Å²) in [5.41, 5.74) is 0. The molecule has 3 heteroatoms. The van der Waals surface area contributed by atoms with Crippen LogP contribution in [0.3, 0.4) is 0 Å². The van der Waals surface area contributed by atoms with Crippen LogP contribution in [-0.2, 0) is 4.74 Å². The molecule has 8 heavy (non-hydrogen) atoms. The molecular formula is C5H10FNO. The molecule has 0 aromatic carbocycles. The predicted molar refractivity (Wildman–Crippen MR) is 28.3 cm³/mol. The number of hydrogen-bond donors (Lipinski definition) is 1. The topological polar surface area (TPSA) is 21.3 Å². The highest BCUT2D eigenvalue weighted by atomic mass is 19.1. The highest BCUT2D eigenvalue weighted by Crippen LogP contribution is 2.12. The molecule has 1 heterocycles. The Morgan fingerprint density at radius 2 is 2.50 bits per heavy atom. The second-order valence-electron chi connectivity index (χ2n) is 1.91. The first-order valence-electron chi connectivity index (χ1n) is 2.77. The standard InChI is InChI=1S/C5H10FNO/c1-7-4-2-3-8-5(4)6/h4-5,7H,2-3H2,1H3/t4-,5-/m1/s1. The fraction of sp³-hybridized carbons (Fsp3) is 1.00. The van der Waals surface area contributed by atoms with Gasteiger partial charge in [-0.25, -0.2) is 4.39 Å². The van der Waals surface area contributed by atoms with Crippen LogP contribution in [0.15, 0.2) is 0 Å². The second kappa shape index (κ2) is 2.42. The Kier molecular flexibility index (Phi) is 1.81. The molecule has 0 aliphatic carbocycles. The first-order chi connectivity index (χ1) is 3.84. The zero-order chi connectivity index (χ0) is 5.98. The van der Waals surface area contributed by atoms with Gasteiger partial charge in [0.1, 0.15) is 0 Å². The van der Waals surface area contributed by atoms with Gasteiger partial charge in [0.25, 0.3) is 0 Å². The molecule has 0 aromatic rings. The van der Waals surface area contributed by atoms with E-state index >= 15 is 0 Å². The van der Waals surface area contributed by atoms with Crippen molar-refractivity contribution in [3.63, 3.8) is 0 Å². The van der Waals surface area contributed by atoms with Crippen molar-refractivity contribution in [1.29, 1.82) is 0 Å². The van der Waals surface area contributed by atoms with Crippen molar-refractivity contribution in [1.82, 2.24) is 5.32 Å². The van der Waals surface area contributed by atoms with E-state index < -0.39 is 6.36 Å². The van der Waals surface area contributed by atoms with Crippen LogP contribution in [0.2, 0.25) is 0 Å². The lowest BCUT2D eigenvalue weighted by molar-refractivity contribution is -0.00309. The van der Waals surface area contributed by atoms with Gasteiger partial charge in [0, 0.05) is 0 Å². The molecule has 1 fully saturated rings. The predicted octanol–water partition coefficient (Wildman–Crippen LogP) is 0.290. The molecule has 1 aliphatic rings. The molecular weight excluding hydrogens is 109 g/mol. The van der Waals surface area contributed by atoms with E-state index in [9.17, 15) is 4.39 Å². The van der Waals surface area contributed by atoms with Crippen LogP contribution in [0.5, 0.6) is 0 Å². The lowest BCUT2D eigenvalue weighted by Crippen LogP contribution is -2.30. The zero-order valence-electron chi connectivity index (χ0n) is 4.86. The minimum atomic E-state index is -1.08. The van der Waals surface area contributed by atoms with Crippen LogP contribution >= 0.6 is 0 Å². The Balaban J connectivity index is 2.30. The van der Waals surface area contributed by atoms with Gasteiger partial charge in [-0.2, -0.15) is 0 Å². The molecule has 2 nitrogen and oxygen atoms in total. The van der Waals surface area contributed by atoms with E-state index in [1.54, 1.807) is 7.05 Å². The Bertz CT molecular complexity index is 78.8. The molecule has 1 aliphatic heterocycles. The largest absolute Gasteiger partial charge is 0.347 e. The average Bonchev–Trinajstić information content (AvgIpc) is 2.14. The summed E-state index contributed by atoms with van der Waals surface area (Å²) in [5.74, 6) is 0. The van der Waals surface area contributed by atoms with Gasteiger partial charge in [0.2, 0.25) is 6.36 Å². The van der Waals surface area contributed by atoms with Crippen molar-refractivity contribution in [2.45, 2.75) is 18.8 Å². The third-order valence-corrected chi connectivity index (χ3v) is 1.39. The molecule has 0 amide bonds. The van der Waals surface area contributed by atoms with Gasteiger partial charge in [-0.3, -0.25) is 0 Å². The first-order valence-corrected chi connectivity index (χ1v) is 2.77. The molecule has 1 rings (SSSR count). The molecule has 1 N–H and O–H groups in total. The van der Waals surface area contributed by atoms with E-state index in [1.807, 2.05) is 0 Å². The van der Waals surface area contributed by atoms with Gasteiger partial charge in [-0.1, -0.05) is 0 Å². The van der Waals surface area contributed by atoms with Gasteiger partial charge >= 0.3 is 0 Å². The lowest BCUT2D eigenvalue weighted by Gasteiger charge is -2.07. The van der Waals surface area contributed by atoms with Crippen LogP contribution in [0.4, 0.5) is 4.39 Å². The minimum absolute atomic E-state index is 0.0741. The number of halogens is 1. The van der Waals surface area contributed by atoms with E-state index in [0.717, 1.165) is 6.42 Å². The molecule has 0 unspecified atom stereocenters. The fourth-order valence-electron chi connectivity index (χ4n) is 0.830. The quantitative estimate of drug-likeness (QED) is 0.535. The fourth-order valence-corrected chi connectivity index (χ4v) is 0.830. The van der Waals surface area contributed by atoms with Crippen molar-refractivity contribution in [3.8, 4) is 0 Å². The Morgan fingerprint density at radius 3 is 2.75 bits per heavy atom. The van der Waals surface area contributed by atoms with E-state index in [0.29, 0.717) is 6.61 Å². The van der Waals surface area contributed by atoms with Gasteiger partial charge in [-0.05, 0) is 13.5 Å². The maximum atomic E-state index is 12.3. The van der Waals surface area contributed by atoms with Gasteiger partial charge in [0.05, 0.1) is 12.6 Å². The van der Waals surface area contributed by atoms with Crippen LogP contribution in [0.25, 0.3) is 0 Å². The maximum absolute atomic E-state index is 12.3. The number of nitrogens with one attached hydrogen (secondary N) is 1. The molecule has 2 atom stereocenters. The lowest BCUT2D eigenvalue weighted by atomic mass is 10.3. The first kappa shape index (κ1) is 5.98. The number of likely N-dealkylation sites (N-methyl/N-ethyl adjacent to an activating group) is 1. The monoisotopic (exact) mass is 119 g/mol. The van der Waals surface area contributed by atoms with E-state index in [4.69, 9.17) is 0 Å². The number of ether oxygens (including phenoxy) is 1. The van der Waals surface area contributed by atoms with E-state index in [-0.39, 0.29) is 6.04 Å². The summed E-state index contributed by atoms with van der Waals surface area (Å²) in [4.78, 5) is 0. The summed E-state index contributed by atoms with van der Waals surface area (Å²) >= 11 is 0. The number of rotatable bonds is 1. The maximum Gasteiger partial charge on any atom is 0.214 e. The molecule has 48 valence electrons. The molecule has 0 radical (unpaired) electrons. The van der Waals surface area contributed by atoms with Gasteiger partial charge in [-0.15, -0.1) is 0 Å². The Morgan fingerprint density at radius 1 is 1.75 bits per heavy atom. The van der Waals surface area contributed by atoms with Crippen LogP contribution in [-0.4, -0.2) is 26.1 Å². The number of hydrogen-bond acceptors (Lipinski definition) is 2. The van der Waals surface area contributed by atoms with E-state index in [2.05, 4.69) is 10.1 Å². The summed E-state index contributed by atoms with van der Waals surface area (Å²) in [6.07, 6.45) is -0.294. The third kappa shape index (κ3) is 0.980. The van der Waals surface area contributed by atoms with Crippen molar-refractivity contribution >= 4 is 0 Å². The van der Waals surface area contributed by atoms with E-state index in [1.165, 1.54) is 0 Å². The summed E-state index contributed by atoms with van der Waals surface area (Å²) in [5, 5.41) is 2.81. The van der Waals surface area contributed by atoms with Crippen molar-refractivity contribution in [2.24, 2.45) is 0 Å². The average molecular weight is 119 g/mol. The summed E-state index contributed by atoms with van der Waals surface area (Å²) < 4.78 is 16.9. The molecule has 1 saturated heterocycles. The Hall–Kier alpha value is -0.150. The van der Waals surface area contributed by atoms with Crippen molar-refractivity contribution < 1.29 is 9.13 Å².